The van der Waals surface area contributed by atoms with Crippen molar-refractivity contribution in [2.24, 2.45) is 0 Å². The second kappa shape index (κ2) is 4.66. The summed E-state index contributed by atoms with van der Waals surface area (Å²) in [6, 6.07) is 8.14. The standard InChI is InChI=1S/C15H20BNO2/c1-11-12(9-10-17)7-6-8-13(11)16-18-14(2,3)15(4,5)19-16/h6-8H,9H2,1-5H3. The Bertz CT molecular complexity index is 515. The monoisotopic (exact) mass is 257 g/mol. The lowest BCUT2D eigenvalue weighted by Gasteiger charge is -2.32. The van der Waals surface area contributed by atoms with Crippen molar-refractivity contribution >= 4 is 12.6 Å². The molecule has 4 heteroatoms. The van der Waals surface area contributed by atoms with Gasteiger partial charge in [0.15, 0.2) is 0 Å². The van der Waals surface area contributed by atoms with Gasteiger partial charge in [0.05, 0.1) is 23.7 Å². The molecule has 3 nitrogen and oxygen atoms in total. The molecule has 0 unspecified atom stereocenters. The lowest BCUT2D eigenvalue weighted by molar-refractivity contribution is 0.00578. The summed E-state index contributed by atoms with van der Waals surface area (Å²) < 4.78 is 12.1. The van der Waals surface area contributed by atoms with Gasteiger partial charge in [0.25, 0.3) is 0 Å². The van der Waals surface area contributed by atoms with E-state index >= 15 is 0 Å². The molecule has 0 aromatic heterocycles. The molecule has 0 spiro atoms. The van der Waals surface area contributed by atoms with E-state index in [2.05, 4.69) is 6.07 Å². The molecule has 1 saturated heterocycles. The average Bonchev–Trinajstić information content (AvgIpc) is 2.51. The Morgan fingerprint density at radius 2 is 1.74 bits per heavy atom. The summed E-state index contributed by atoms with van der Waals surface area (Å²) >= 11 is 0. The SMILES string of the molecule is Cc1c(CC#N)cccc1B1OC(C)(C)C(C)(C)O1. The summed E-state index contributed by atoms with van der Waals surface area (Å²) in [6.45, 7) is 10.2. The van der Waals surface area contributed by atoms with Gasteiger partial charge in [0.2, 0.25) is 0 Å². The molecular formula is C15H20BNO2. The number of hydrogen-bond donors (Lipinski definition) is 0. The molecule has 0 amide bonds. The van der Waals surface area contributed by atoms with E-state index in [1.165, 1.54) is 0 Å². The highest BCUT2D eigenvalue weighted by atomic mass is 16.7. The molecule has 1 aliphatic rings. The van der Waals surface area contributed by atoms with Gasteiger partial charge in [-0.05, 0) is 51.2 Å². The van der Waals surface area contributed by atoms with Gasteiger partial charge in [0.1, 0.15) is 0 Å². The first-order valence-electron chi connectivity index (χ1n) is 6.59. The quantitative estimate of drug-likeness (QED) is 0.764. The predicted octanol–water partition coefficient (Wildman–Crippen LogP) is 2.36. The number of hydrogen-bond acceptors (Lipinski definition) is 3. The molecule has 0 atom stereocenters. The third kappa shape index (κ3) is 2.41. The minimum Gasteiger partial charge on any atom is -0.399 e. The first-order valence-corrected chi connectivity index (χ1v) is 6.59. The van der Waals surface area contributed by atoms with Crippen LogP contribution in [0.15, 0.2) is 18.2 Å². The Morgan fingerprint density at radius 1 is 1.16 bits per heavy atom. The van der Waals surface area contributed by atoms with Crippen molar-refractivity contribution in [1.29, 1.82) is 5.26 Å². The van der Waals surface area contributed by atoms with Crippen LogP contribution in [0.4, 0.5) is 0 Å². The minimum atomic E-state index is -0.358. The van der Waals surface area contributed by atoms with Gasteiger partial charge in [-0.25, -0.2) is 0 Å². The zero-order valence-corrected chi connectivity index (χ0v) is 12.3. The van der Waals surface area contributed by atoms with E-state index in [-0.39, 0.29) is 18.3 Å². The van der Waals surface area contributed by atoms with Crippen molar-refractivity contribution in [1.82, 2.24) is 0 Å². The second-order valence-corrected chi connectivity index (χ2v) is 6.05. The highest BCUT2D eigenvalue weighted by Gasteiger charge is 2.52. The van der Waals surface area contributed by atoms with Gasteiger partial charge >= 0.3 is 7.12 Å². The van der Waals surface area contributed by atoms with Crippen LogP contribution in [0.5, 0.6) is 0 Å². The van der Waals surface area contributed by atoms with E-state index in [9.17, 15) is 0 Å². The van der Waals surface area contributed by atoms with E-state index in [0.29, 0.717) is 6.42 Å². The molecular weight excluding hydrogens is 237 g/mol. The summed E-state index contributed by atoms with van der Waals surface area (Å²) in [5.74, 6) is 0. The highest BCUT2D eigenvalue weighted by Crippen LogP contribution is 2.36. The Morgan fingerprint density at radius 3 is 2.26 bits per heavy atom. The molecule has 1 fully saturated rings. The molecule has 1 aromatic rings. The lowest BCUT2D eigenvalue weighted by atomic mass is 9.75. The average molecular weight is 257 g/mol. The third-order valence-corrected chi connectivity index (χ3v) is 4.26. The largest absolute Gasteiger partial charge is 0.495 e. The first kappa shape index (κ1) is 14.1. The van der Waals surface area contributed by atoms with Crippen LogP contribution in [0.3, 0.4) is 0 Å². The van der Waals surface area contributed by atoms with Gasteiger partial charge in [-0.15, -0.1) is 0 Å². The maximum Gasteiger partial charge on any atom is 0.495 e. The van der Waals surface area contributed by atoms with Gasteiger partial charge in [0, 0.05) is 0 Å². The van der Waals surface area contributed by atoms with Gasteiger partial charge in [-0.1, -0.05) is 18.2 Å². The van der Waals surface area contributed by atoms with Crippen molar-refractivity contribution < 1.29 is 9.31 Å². The van der Waals surface area contributed by atoms with Crippen LogP contribution in [-0.4, -0.2) is 18.3 Å². The highest BCUT2D eigenvalue weighted by molar-refractivity contribution is 6.62. The van der Waals surface area contributed by atoms with Crippen molar-refractivity contribution in [2.75, 3.05) is 0 Å². The molecule has 1 aromatic carbocycles. The van der Waals surface area contributed by atoms with Crippen LogP contribution >= 0.6 is 0 Å². The first-order chi connectivity index (χ1) is 8.78. The van der Waals surface area contributed by atoms with Gasteiger partial charge in [-0.3, -0.25) is 0 Å². The zero-order chi connectivity index (χ0) is 14.3. The van der Waals surface area contributed by atoms with Crippen LogP contribution in [0, 0.1) is 18.3 Å². The molecule has 19 heavy (non-hydrogen) atoms. The van der Waals surface area contributed by atoms with Gasteiger partial charge < -0.3 is 9.31 Å². The molecule has 100 valence electrons. The fourth-order valence-corrected chi connectivity index (χ4v) is 2.21. The second-order valence-electron chi connectivity index (χ2n) is 6.05. The summed E-state index contributed by atoms with van der Waals surface area (Å²) in [5, 5.41) is 8.85. The Kier molecular flexibility index (Phi) is 3.46. The smallest absolute Gasteiger partial charge is 0.399 e. The normalized spacial score (nSPS) is 20.3. The summed E-state index contributed by atoms with van der Waals surface area (Å²) in [5.41, 5.74) is 2.47. The maximum absolute atomic E-state index is 8.85. The van der Waals surface area contributed by atoms with E-state index < -0.39 is 0 Å². The topological polar surface area (TPSA) is 42.2 Å². The van der Waals surface area contributed by atoms with Crippen molar-refractivity contribution in [3.05, 3.63) is 29.3 Å². The zero-order valence-electron chi connectivity index (χ0n) is 12.3. The molecule has 0 saturated carbocycles. The Hall–Kier alpha value is -1.31. The molecule has 0 aliphatic carbocycles. The van der Waals surface area contributed by atoms with Crippen LogP contribution in [0.25, 0.3) is 0 Å². The van der Waals surface area contributed by atoms with Crippen LogP contribution in [0.1, 0.15) is 38.8 Å². The van der Waals surface area contributed by atoms with Crippen molar-refractivity contribution in [3.8, 4) is 6.07 Å². The lowest BCUT2D eigenvalue weighted by Crippen LogP contribution is -2.41. The van der Waals surface area contributed by atoms with Gasteiger partial charge in [-0.2, -0.15) is 5.26 Å². The summed E-state index contributed by atoms with van der Waals surface area (Å²) in [7, 11) is -0.358. The van der Waals surface area contributed by atoms with E-state index in [0.717, 1.165) is 16.6 Å². The van der Waals surface area contributed by atoms with Crippen molar-refractivity contribution in [2.45, 2.75) is 52.2 Å². The molecule has 1 aliphatic heterocycles. The number of nitrogens with zero attached hydrogens (tertiary/aromatic N) is 1. The third-order valence-electron chi connectivity index (χ3n) is 4.26. The minimum absolute atomic E-state index is 0.338. The van der Waals surface area contributed by atoms with Crippen LogP contribution in [-0.2, 0) is 15.7 Å². The predicted molar refractivity (Wildman–Crippen MR) is 76.2 cm³/mol. The van der Waals surface area contributed by atoms with Crippen molar-refractivity contribution in [3.63, 3.8) is 0 Å². The molecule has 2 rings (SSSR count). The summed E-state index contributed by atoms with van der Waals surface area (Å²) in [6.07, 6.45) is 0.416. The fraction of sp³-hybridized carbons (Fsp3) is 0.533. The maximum atomic E-state index is 8.85. The fourth-order valence-electron chi connectivity index (χ4n) is 2.21. The Balaban J connectivity index is 2.35. The van der Waals surface area contributed by atoms with E-state index in [1.807, 2.05) is 52.8 Å². The molecule has 1 heterocycles. The molecule has 0 N–H and O–H groups in total. The number of nitriles is 1. The van der Waals surface area contributed by atoms with E-state index in [1.54, 1.807) is 0 Å². The number of benzene rings is 1. The summed E-state index contributed by atoms with van der Waals surface area (Å²) in [4.78, 5) is 0. The number of rotatable bonds is 2. The van der Waals surface area contributed by atoms with Crippen LogP contribution in [0.2, 0.25) is 0 Å². The van der Waals surface area contributed by atoms with Crippen LogP contribution < -0.4 is 5.46 Å². The Labute approximate surface area is 115 Å². The molecule has 0 radical (unpaired) electrons. The molecule has 0 bridgehead atoms. The van der Waals surface area contributed by atoms with E-state index in [4.69, 9.17) is 14.6 Å².